The molecular weight excluding hydrogens is 510 g/mol. The van der Waals surface area contributed by atoms with Gasteiger partial charge in [0.05, 0.1) is 28.6 Å². The van der Waals surface area contributed by atoms with E-state index in [0.29, 0.717) is 29.0 Å². The Morgan fingerprint density at radius 1 is 0.950 bits per heavy atom. The molecule has 1 heterocycles. The molecule has 5 aromatic rings. The van der Waals surface area contributed by atoms with Crippen LogP contribution in [-0.2, 0) is 6.61 Å². The van der Waals surface area contributed by atoms with Crippen molar-refractivity contribution >= 4 is 28.8 Å². The fourth-order valence-electron chi connectivity index (χ4n) is 4.12. The first-order chi connectivity index (χ1) is 19.5. The zero-order chi connectivity index (χ0) is 27.9. The molecule has 0 unspecified atom stereocenters. The van der Waals surface area contributed by atoms with E-state index in [0.717, 1.165) is 16.8 Å². The lowest BCUT2D eigenvalue weighted by molar-refractivity contribution is -0.384. The largest absolute Gasteiger partial charge is 0.490 e. The Morgan fingerprint density at radius 3 is 2.45 bits per heavy atom. The van der Waals surface area contributed by atoms with Gasteiger partial charge in [-0.15, -0.1) is 0 Å². The fourth-order valence-corrected chi connectivity index (χ4v) is 4.12. The Kier molecular flexibility index (Phi) is 7.77. The molecule has 0 bridgehead atoms. The van der Waals surface area contributed by atoms with Crippen LogP contribution in [0.3, 0.4) is 0 Å². The highest BCUT2D eigenvalue weighted by Gasteiger charge is 2.12. The van der Waals surface area contributed by atoms with Crippen molar-refractivity contribution in [3.63, 3.8) is 0 Å². The van der Waals surface area contributed by atoms with Gasteiger partial charge in [-0.3, -0.25) is 19.5 Å². The molecule has 1 N–H and O–H groups in total. The average Bonchev–Trinajstić information content (AvgIpc) is 2.98. The van der Waals surface area contributed by atoms with Gasteiger partial charge in [-0.25, -0.2) is 5.43 Å². The molecule has 200 valence electrons. The third kappa shape index (κ3) is 5.81. The second-order valence-electron chi connectivity index (χ2n) is 8.65. The predicted octanol–water partition coefficient (Wildman–Crippen LogP) is 5.72. The molecule has 10 nitrogen and oxygen atoms in total. The van der Waals surface area contributed by atoms with Gasteiger partial charge in [0.15, 0.2) is 11.5 Å². The van der Waals surface area contributed by atoms with Crippen LogP contribution in [0.1, 0.15) is 18.1 Å². The van der Waals surface area contributed by atoms with E-state index in [-0.39, 0.29) is 23.8 Å². The van der Waals surface area contributed by atoms with E-state index in [9.17, 15) is 14.9 Å². The molecule has 0 radical (unpaired) electrons. The summed E-state index contributed by atoms with van der Waals surface area (Å²) in [4.78, 5) is 27.4. The molecule has 4 aromatic carbocycles. The van der Waals surface area contributed by atoms with Crippen molar-refractivity contribution < 1.29 is 14.4 Å². The van der Waals surface area contributed by atoms with E-state index in [1.54, 1.807) is 42.6 Å². The summed E-state index contributed by atoms with van der Waals surface area (Å²) in [5.74, 6) is 1.33. The first kappa shape index (κ1) is 26.1. The van der Waals surface area contributed by atoms with E-state index < -0.39 is 4.92 Å². The van der Waals surface area contributed by atoms with Crippen LogP contribution in [0.4, 0.5) is 11.6 Å². The van der Waals surface area contributed by atoms with Crippen LogP contribution < -0.4 is 20.5 Å². The maximum absolute atomic E-state index is 12.7. The van der Waals surface area contributed by atoms with Gasteiger partial charge in [-0.2, -0.15) is 10.1 Å². The molecule has 0 amide bonds. The summed E-state index contributed by atoms with van der Waals surface area (Å²) in [6.07, 6.45) is 1.60. The number of non-ortho nitro benzene ring substituents is 1. The number of para-hydroxylation sites is 2. The van der Waals surface area contributed by atoms with Gasteiger partial charge in [-0.05, 0) is 72.6 Å². The third-order valence-corrected chi connectivity index (χ3v) is 6.00. The Morgan fingerprint density at radius 2 is 1.70 bits per heavy atom. The highest BCUT2D eigenvalue weighted by Crippen LogP contribution is 2.29. The summed E-state index contributed by atoms with van der Waals surface area (Å²) in [7, 11) is 0. The normalized spacial score (nSPS) is 11.0. The monoisotopic (exact) mass is 535 g/mol. The van der Waals surface area contributed by atoms with Crippen LogP contribution >= 0.6 is 0 Å². The van der Waals surface area contributed by atoms with Crippen molar-refractivity contribution in [1.82, 2.24) is 9.55 Å². The zero-order valence-electron chi connectivity index (χ0n) is 21.6. The highest BCUT2D eigenvalue weighted by molar-refractivity contribution is 5.83. The summed E-state index contributed by atoms with van der Waals surface area (Å²) < 4.78 is 13.5. The van der Waals surface area contributed by atoms with Gasteiger partial charge >= 0.3 is 0 Å². The lowest BCUT2D eigenvalue weighted by atomic mass is 10.2. The maximum Gasteiger partial charge on any atom is 0.282 e. The molecule has 10 heteroatoms. The number of hydrazone groups is 1. The van der Waals surface area contributed by atoms with Crippen molar-refractivity contribution in [2.24, 2.45) is 5.10 Å². The summed E-state index contributed by atoms with van der Waals surface area (Å²) >= 11 is 0. The molecule has 0 aliphatic heterocycles. The summed E-state index contributed by atoms with van der Waals surface area (Å²) in [6, 6.07) is 28.5. The van der Waals surface area contributed by atoms with E-state index in [1.807, 2.05) is 60.0 Å². The summed E-state index contributed by atoms with van der Waals surface area (Å²) in [5.41, 5.74) is 5.65. The first-order valence-corrected chi connectivity index (χ1v) is 12.5. The Labute approximate surface area is 229 Å². The summed E-state index contributed by atoms with van der Waals surface area (Å²) in [5, 5.41) is 15.7. The SMILES string of the molecule is CCOc1cc(/C=N\Nc2nc(=O)c3ccccc3n2-c2ccccc2)ccc1OCc1ccc([N+](=O)[O-])cc1. The van der Waals surface area contributed by atoms with E-state index in [4.69, 9.17) is 9.47 Å². The molecule has 0 aliphatic rings. The number of hydrogen-bond acceptors (Lipinski definition) is 8. The van der Waals surface area contributed by atoms with Gasteiger partial charge in [0, 0.05) is 17.8 Å². The minimum Gasteiger partial charge on any atom is -0.490 e. The molecule has 0 saturated heterocycles. The standard InChI is InChI=1S/C30H25N5O5/c1-2-39-28-18-22(14-17-27(28)40-20-21-12-15-24(16-13-21)35(37)38)19-31-33-30-32-29(36)25-10-6-7-11-26(25)34(30)23-8-4-3-5-9-23/h3-19H,2,20H2,1H3,(H,32,33,36)/b31-19-. The topological polar surface area (TPSA) is 121 Å². The van der Waals surface area contributed by atoms with Crippen LogP contribution in [0.5, 0.6) is 11.5 Å². The number of rotatable bonds is 10. The van der Waals surface area contributed by atoms with Gasteiger partial charge in [0.2, 0.25) is 5.95 Å². The van der Waals surface area contributed by atoms with Crippen molar-refractivity contribution in [2.45, 2.75) is 13.5 Å². The van der Waals surface area contributed by atoms with Crippen molar-refractivity contribution in [1.29, 1.82) is 0 Å². The number of nitrogens with zero attached hydrogens (tertiary/aromatic N) is 4. The van der Waals surface area contributed by atoms with Gasteiger partial charge in [0.25, 0.3) is 11.2 Å². The summed E-state index contributed by atoms with van der Waals surface area (Å²) in [6.45, 7) is 2.52. The molecule has 0 atom stereocenters. The van der Waals surface area contributed by atoms with E-state index >= 15 is 0 Å². The second kappa shape index (κ2) is 11.9. The quantitative estimate of drug-likeness (QED) is 0.138. The first-order valence-electron chi connectivity index (χ1n) is 12.5. The Balaban J connectivity index is 1.37. The number of ether oxygens (including phenoxy) is 2. The van der Waals surface area contributed by atoms with Crippen LogP contribution in [0.2, 0.25) is 0 Å². The van der Waals surface area contributed by atoms with Crippen molar-refractivity contribution in [3.8, 4) is 17.2 Å². The Bertz CT molecular complexity index is 1730. The lowest BCUT2D eigenvalue weighted by Crippen LogP contribution is -2.16. The molecule has 0 aliphatic carbocycles. The molecule has 5 rings (SSSR count). The number of nitrogens with one attached hydrogen (secondary N) is 1. The molecule has 0 fully saturated rings. The smallest absolute Gasteiger partial charge is 0.282 e. The predicted molar refractivity (Wildman–Crippen MR) is 154 cm³/mol. The van der Waals surface area contributed by atoms with Crippen LogP contribution in [0.15, 0.2) is 107 Å². The average molecular weight is 536 g/mol. The van der Waals surface area contributed by atoms with E-state index in [2.05, 4.69) is 15.5 Å². The van der Waals surface area contributed by atoms with E-state index in [1.165, 1.54) is 12.1 Å². The third-order valence-electron chi connectivity index (χ3n) is 6.00. The number of anilines is 1. The van der Waals surface area contributed by atoms with Gasteiger partial charge in [0.1, 0.15) is 6.61 Å². The number of benzene rings is 4. The van der Waals surface area contributed by atoms with Crippen LogP contribution in [0, 0.1) is 10.1 Å². The molecule has 0 saturated carbocycles. The highest BCUT2D eigenvalue weighted by atomic mass is 16.6. The fraction of sp³-hybridized carbons (Fsp3) is 0.100. The molecule has 40 heavy (non-hydrogen) atoms. The number of aromatic nitrogens is 2. The number of fused-ring (bicyclic) bond motifs is 1. The zero-order valence-corrected chi connectivity index (χ0v) is 21.6. The number of nitro groups is 1. The number of hydrogen-bond donors (Lipinski definition) is 1. The molecular formula is C30H25N5O5. The van der Waals surface area contributed by atoms with Gasteiger partial charge < -0.3 is 9.47 Å². The lowest BCUT2D eigenvalue weighted by Gasteiger charge is -2.15. The minimum atomic E-state index is -0.441. The van der Waals surface area contributed by atoms with Crippen LogP contribution in [-0.4, -0.2) is 27.3 Å². The van der Waals surface area contributed by atoms with Crippen molar-refractivity contribution in [2.75, 3.05) is 12.0 Å². The maximum atomic E-state index is 12.7. The second-order valence-corrected chi connectivity index (χ2v) is 8.65. The van der Waals surface area contributed by atoms with Crippen LogP contribution in [0.25, 0.3) is 16.6 Å². The molecule has 1 aromatic heterocycles. The minimum absolute atomic E-state index is 0.0238. The number of nitro benzene ring substituents is 1. The Hall–Kier alpha value is -5.51. The van der Waals surface area contributed by atoms with Crippen molar-refractivity contribution in [3.05, 3.63) is 129 Å². The van der Waals surface area contributed by atoms with Gasteiger partial charge in [-0.1, -0.05) is 30.3 Å². The molecule has 0 spiro atoms.